The molecule has 1 N–H and O–H groups in total. The minimum atomic E-state index is -0.871. The van der Waals surface area contributed by atoms with Crippen LogP contribution in [0, 0.1) is 13.8 Å². The fraction of sp³-hybridized carbons (Fsp3) is 0.273. The van der Waals surface area contributed by atoms with E-state index in [1.807, 2.05) is 30.7 Å². The quantitative estimate of drug-likeness (QED) is 0.889. The molecular formula is C11H12N2O2S. The van der Waals surface area contributed by atoms with Crippen LogP contribution in [0.5, 0.6) is 0 Å². The van der Waals surface area contributed by atoms with E-state index in [0.717, 1.165) is 16.3 Å². The van der Waals surface area contributed by atoms with E-state index >= 15 is 0 Å². The van der Waals surface area contributed by atoms with Crippen molar-refractivity contribution in [2.24, 2.45) is 0 Å². The van der Waals surface area contributed by atoms with Crippen LogP contribution in [0.2, 0.25) is 0 Å². The maximum absolute atomic E-state index is 10.7. The number of aryl methyl sites for hydroxylation is 2. The molecule has 2 aromatic heterocycles. The van der Waals surface area contributed by atoms with Crippen molar-refractivity contribution in [3.05, 3.63) is 39.3 Å². The minimum Gasteiger partial charge on any atom is -0.477 e. The maximum Gasteiger partial charge on any atom is 0.345 e. The molecule has 0 fully saturated rings. The molecule has 0 saturated carbocycles. The standard InChI is InChI=1S/C11H12N2O2S/c1-7-5-8(2)13(12-7)6-9-3-4-10(16-9)11(14)15/h3-5H,6H2,1-2H3,(H,14,15). The van der Waals surface area contributed by atoms with Crippen LogP contribution in [0.25, 0.3) is 0 Å². The Hall–Kier alpha value is -1.62. The summed E-state index contributed by atoms with van der Waals surface area (Å²) in [5, 5.41) is 13.1. The lowest BCUT2D eigenvalue weighted by atomic mass is 10.4. The first kappa shape index (κ1) is 10.9. The summed E-state index contributed by atoms with van der Waals surface area (Å²) >= 11 is 1.29. The SMILES string of the molecule is Cc1cc(C)n(Cc2ccc(C(=O)O)s2)n1. The van der Waals surface area contributed by atoms with E-state index in [2.05, 4.69) is 5.10 Å². The van der Waals surface area contributed by atoms with E-state index in [4.69, 9.17) is 5.11 Å². The van der Waals surface area contributed by atoms with Crippen LogP contribution < -0.4 is 0 Å². The second-order valence-corrected chi connectivity index (χ2v) is 4.82. The Kier molecular flexibility index (Phi) is 2.78. The molecule has 0 aromatic carbocycles. The van der Waals surface area contributed by atoms with Crippen molar-refractivity contribution in [3.63, 3.8) is 0 Å². The Morgan fingerprint density at radius 3 is 2.75 bits per heavy atom. The largest absolute Gasteiger partial charge is 0.477 e. The zero-order chi connectivity index (χ0) is 11.7. The number of carboxylic acid groups (broad SMARTS) is 1. The topological polar surface area (TPSA) is 55.1 Å². The van der Waals surface area contributed by atoms with Gasteiger partial charge in [-0.3, -0.25) is 4.68 Å². The highest BCUT2D eigenvalue weighted by molar-refractivity contribution is 7.13. The van der Waals surface area contributed by atoms with Crippen molar-refractivity contribution in [3.8, 4) is 0 Å². The van der Waals surface area contributed by atoms with Gasteiger partial charge in [-0.2, -0.15) is 5.10 Å². The summed E-state index contributed by atoms with van der Waals surface area (Å²) in [7, 11) is 0. The Morgan fingerprint density at radius 2 is 2.25 bits per heavy atom. The molecule has 0 amide bonds. The Bertz CT molecular complexity index is 528. The first-order valence-electron chi connectivity index (χ1n) is 4.89. The second kappa shape index (κ2) is 4.09. The highest BCUT2D eigenvalue weighted by Crippen LogP contribution is 2.18. The third-order valence-corrected chi connectivity index (χ3v) is 3.34. The first-order chi connectivity index (χ1) is 7.56. The zero-order valence-corrected chi connectivity index (χ0v) is 9.91. The van der Waals surface area contributed by atoms with E-state index in [0.29, 0.717) is 11.4 Å². The number of thiophene rings is 1. The molecule has 0 aliphatic heterocycles. The molecule has 2 heterocycles. The lowest BCUT2D eigenvalue weighted by Crippen LogP contribution is -2.02. The molecule has 0 atom stereocenters. The summed E-state index contributed by atoms with van der Waals surface area (Å²) in [6.07, 6.45) is 0. The van der Waals surface area contributed by atoms with Crippen LogP contribution in [-0.4, -0.2) is 20.9 Å². The van der Waals surface area contributed by atoms with Gasteiger partial charge in [-0.1, -0.05) is 0 Å². The average molecular weight is 236 g/mol. The fourth-order valence-electron chi connectivity index (χ4n) is 1.56. The molecule has 0 aliphatic rings. The average Bonchev–Trinajstić information content (AvgIpc) is 2.75. The molecule has 5 heteroatoms. The summed E-state index contributed by atoms with van der Waals surface area (Å²) in [6.45, 7) is 4.57. The molecule has 16 heavy (non-hydrogen) atoms. The summed E-state index contributed by atoms with van der Waals surface area (Å²) in [4.78, 5) is 12.1. The summed E-state index contributed by atoms with van der Waals surface area (Å²) in [5.41, 5.74) is 2.07. The normalized spacial score (nSPS) is 10.6. The van der Waals surface area contributed by atoms with Crippen LogP contribution in [0.3, 0.4) is 0 Å². The predicted octanol–water partition coefficient (Wildman–Crippen LogP) is 2.31. The third-order valence-electron chi connectivity index (χ3n) is 2.28. The van der Waals surface area contributed by atoms with Crippen LogP contribution in [0.4, 0.5) is 0 Å². The third kappa shape index (κ3) is 2.14. The highest BCUT2D eigenvalue weighted by atomic mass is 32.1. The number of carbonyl (C=O) groups is 1. The van der Waals surface area contributed by atoms with Crippen molar-refractivity contribution in [2.45, 2.75) is 20.4 Å². The maximum atomic E-state index is 10.7. The van der Waals surface area contributed by atoms with Gasteiger partial charge >= 0.3 is 5.97 Å². The Labute approximate surface area is 97.2 Å². The monoisotopic (exact) mass is 236 g/mol. The van der Waals surface area contributed by atoms with Crippen LogP contribution >= 0.6 is 11.3 Å². The summed E-state index contributed by atoms with van der Waals surface area (Å²) in [5.74, 6) is -0.871. The van der Waals surface area contributed by atoms with Crippen LogP contribution in [0.15, 0.2) is 18.2 Å². The van der Waals surface area contributed by atoms with E-state index in [1.54, 1.807) is 6.07 Å². The minimum absolute atomic E-state index is 0.372. The molecule has 2 rings (SSSR count). The van der Waals surface area contributed by atoms with Crippen molar-refractivity contribution < 1.29 is 9.90 Å². The van der Waals surface area contributed by atoms with Crippen LogP contribution in [0.1, 0.15) is 25.9 Å². The summed E-state index contributed by atoms with van der Waals surface area (Å²) < 4.78 is 1.88. The number of carboxylic acids is 1. The number of aromatic nitrogens is 2. The van der Waals surface area contributed by atoms with Crippen molar-refractivity contribution in [1.82, 2.24) is 9.78 Å². The van der Waals surface area contributed by atoms with Gasteiger partial charge in [0.15, 0.2) is 0 Å². The second-order valence-electron chi connectivity index (χ2n) is 3.66. The van der Waals surface area contributed by atoms with Gasteiger partial charge in [0.25, 0.3) is 0 Å². The molecule has 0 radical (unpaired) electrons. The number of hydrogen-bond acceptors (Lipinski definition) is 3. The van der Waals surface area contributed by atoms with Crippen molar-refractivity contribution >= 4 is 17.3 Å². The molecule has 0 saturated heterocycles. The summed E-state index contributed by atoms with van der Waals surface area (Å²) in [6, 6.07) is 5.48. The predicted molar refractivity (Wildman–Crippen MR) is 62.1 cm³/mol. The Balaban J connectivity index is 2.20. The van der Waals surface area contributed by atoms with E-state index in [9.17, 15) is 4.79 Å². The van der Waals surface area contributed by atoms with Gasteiger partial charge in [-0.25, -0.2) is 4.79 Å². The fourth-order valence-corrected chi connectivity index (χ4v) is 2.39. The van der Waals surface area contributed by atoms with E-state index < -0.39 is 5.97 Å². The molecule has 0 spiro atoms. The van der Waals surface area contributed by atoms with Gasteiger partial charge < -0.3 is 5.11 Å². The van der Waals surface area contributed by atoms with Crippen molar-refractivity contribution in [1.29, 1.82) is 0 Å². The molecule has 4 nitrogen and oxygen atoms in total. The molecule has 0 bridgehead atoms. The van der Waals surface area contributed by atoms with Crippen molar-refractivity contribution in [2.75, 3.05) is 0 Å². The number of rotatable bonds is 3. The van der Waals surface area contributed by atoms with Crippen LogP contribution in [-0.2, 0) is 6.54 Å². The number of aromatic carboxylic acids is 1. The smallest absolute Gasteiger partial charge is 0.345 e. The van der Waals surface area contributed by atoms with Gasteiger partial charge in [0.05, 0.1) is 12.2 Å². The highest BCUT2D eigenvalue weighted by Gasteiger charge is 2.08. The number of hydrogen-bond donors (Lipinski definition) is 1. The van der Waals surface area contributed by atoms with Gasteiger partial charge in [0, 0.05) is 10.6 Å². The lowest BCUT2D eigenvalue weighted by molar-refractivity contribution is 0.0702. The van der Waals surface area contributed by atoms with Gasteiger partial charge in [-0.05, 0) is 32.0 Å². The number of nitrogens with zero attached hydrogens (tertiary/aromatic N) is 2. The molecule has 84 valence electrons. The lowest BCUT2D eigenvalue weighted by Gasteiger charge is -2.00. The molecular weight excluding hydrogens is 224 g/mol. The Morgan fingerprint density at radius 1 is 1.50 bits per heavy atom. The van der Waals surface area contributed by atoms with Gasteiger partial charge in [0.2, 0.25) is 0 Å². The molecule has 0 aliphatic carbocycles. The molecule has 2 aromatic rings. The van der Waals surface area contributed by atoms with Gasteiger partial charge in [-0.15, -0.1) is 11.3 Å². The zero-order valence-electron chi connectivity index (χ0n) is 9.10. The van der Waals surface area contributed by atoms with Gasteiger partial charge in [0.1, 0.15) is 4.88 Å². The van der Waals surface area contributed by atoms with E-state index in [-0.39, 0.29) is 0 Å². The molecule has 0 unspecified atom stereocenters. The first-order valence-corrected chi connectivity index (χ1v) is 5.71. The van der Waals surface area contributed by atoms with E-state index in [1.165, 1.54) is 11.3 Å².